The zero-order chi connectivity index (χ0) is 13.9. The average Bonchev–Trinajstić information content (AvgIpc) is 2.97. The number of methoxy groups -OCH3 is 1. The van der Waals surface area contributed by atoms with Crippen LogP contribution in [0.3, 0.4) is 0 Å². The van der Waals surface area contributed by atoms with E-state index >= 15 is 0 Å². The van der Waals surface area contributed by atoms with Gasteiger partial charge in [0.25, 0.3) is 0 Å². The second-order valence-electron chi connectivity index (χ2n) is 5.18. The van der Waals surface area contributed by atoms with Gasteiger partial charge in [0, 0.05) is 17.8 Å². The van der Waals surface area contributed by atoms with E-state index in [1.54, 1.807) is 19.4 Å². The zero-order valence-electron chi connectivity index (χ0n) is 11.7. The van der Waals surface area contributed by atoms with Gasteiger partial charge in [-0.1, -0.05) is 12.1 Å². The molecule has 6 nitrogen and oxygen atoms in total. The standard InChI is InChI=1S/C14H18N4O2/c1-9-5-6-15-11(7-9)14-17-13(18-20-14)10-3-4-12(19-2)16-8-10/h3-4,8-9,11,15H,5-7H2,1-2H3. The second-order valence-corrected chi connectivity index (χ2v) is 5.18. The Morgan fingerprint density at radius 1 is 1.40 bits per heavy atom. The fourth-order valence-electron chi connectivity index (χ4n) is 2.42. The van der Waals surface area contributed by atoms with E-state index in [-0.39, 0.29) is 6.04 Å². The number of ether oxygens (including phenoxy) is 1. The van der Waals surface area contributed by atoms with E-state index in [2.05, 4.69) is 27.4 Å². The lowest BCUT2D eigenvalue weighted by Crippen LogP contribution is -2.30. The highest BCUT2D eigenvalue weighted by molar-refractivity contribution is 5.53. The summed E-state index contributed by atoms with van der Waals surface area (Å²) in [6.07, 6.45) is 3.91. The minimum atomic E-state index is 0.159. The molecule has 1 N–H and O–H groups in total. The van der Waals surface area contributed by atoms with Gasteiger partial charge in [-0.05, 0) is 31.4 Å². The van der Waals surface area contributed by atoms with Crippen molar-refractivity contribution in [3.05, 3.63) is 24.2 Å². The molecule has 0 amide bonds. The van der Waals surface area contributed by atoms with Crippen molar-refractivity contribution in [2.24, 2.45) is 5.92 Å². The molecular weight excluding hydrogens is 256 g/mol. The smallest absolute Gasteiger partial charge is 0.244 e. The lowest BCUT2D eigenvalue weighted by Gasteiger charge is -2.25. The Kier molecular flexibility index (Phi) is 3.64. The highest BCUT2D eigenvalue weighted by Gasteiger charge is 2.24. The van der Waals surface area contributed by atoms with Crippen LogP contribution in [0.5, 0.6) is 5.88 Å². The van der Waals surface area contributed by atoms with E-state index in [0.29, 0.717) is 23.5 Å². The second kappa shape index (κ2) is 5.58. The molecule has 0 spiro atoms. The van der Waals surface area contributed by atoms with Crippen LogP contribution in [0, 0.1) is 5.92 Å². The average molecular weight is 274 g/mol. The summed E-state index contributed by atoms with van der Waals surface area (Å²) in [6.45, 7) is 3.24. The molecule has 1 aliphatic heterocycles. The van der Waals surface area contributed by atoms with Gasteiger partial charge in [0.15, 0.2) is 0 Å². The van der Waals surface area contributed by atoms with Gasteiger partial charge < -0.3 is 14.6 Å². The maximum atomic E-state index is 5.38. The van der Waals surface area contributed by atoms with Gasteiger partial charge in [0.2, 0.25) is 17.6 Å². The molecule has 6 heteroatoms. The van der Waals surface area contributed by atoms with Crippen LogP contribution in [-0.2, 0) is 0 Å². The minimum Gasteiger partial charge on any atom is -0.481 e. The van der Waals surface area contributed by atoms with Gasteiger partial charge in [-0.3, -0.25) is 0 Å². The van der Waals surface area contributed by atoms with E-state index in [1.807, 2.05) is 6.07 Å². The van der Waals surface area contributed by atoms with E-state index in [9.17, 15) is 0 Å². The number of nitrogens with one attached hydrogen (secondary N) is 1. The van der Waals surface area contributed by atoms with E-state index in [0.717, 1.165) is 18.5 Å². The van der Waals surface area contributed by atoms with Crippen LogP contribution in [0.4, 0.5) is 0 Å². The molecule has 3 heterocycles. The Hall–Kier alpha value is -1.95. The molecule has 0 radical (unpaired) electrons. The third-order valence-corrected chi connectivity index (χ3v) is 3.61. The van der Waals surface area contributed by atoms with Crippen molar-refractivity contribution in [1.82, 2.24) is 20.4 Å². The maximum Gasteiger partial charge on any atom is 0.244 e. The van der Waals surface area contributed by atoms with Crippen LogP contribution >= 0.6 is 0 Å². The molecule has 2 aromatic heterocycles. The van der Waals surface area contributed by atoms with Crippen molar-refractivity contribution < 1.29 is 9.26 Å². The largest absolute Gasteiger partial charge is 0.481 e. The lowest BCUT2D eigenvalue weighted by atomic mass is 9.94. The Morgan fingerprint density at radius 3 is 3.00 bits per heavy atom. The highest BCUT2D eigenvalue weighted by Crippen LogP contribution is 2.27. The molecule has 0 aromatic carbocycles. The molecule has 0 bridgehead atoms. The first-order valence-corrected chi connectivity index (χ1v) is 6.83. The summed E-state index contributed by atoms with van der Waals surface area (Å²) in [5.41, 5.74) is 0.824. The van der Waals surface area contributed by atoms with Crippen LogP contribution < -0.4 is 10.1 Å². The molecule has 3 rings (SSSR count). The molecule has 1 saturated heterocycles. The SMILES string of the molecule is COc1ccc(-c2noc(C3CC(C)CCN3)n2)cn1. The number of pyridine rings is 1. The molecule has 0 saturated carbocycles. The number of aromatic nitrogens is 3. The van der Waals surface area contributed by atoms with Gasteiger partial charge in [-0.25, -0.2) is 4.98 Å². The number of nitrogens with zero attached hydrogens (tertiary/aromatic N) is 3. The first kappa shape index (κ1) is 13.1. The molecule has 20 heavy (non-hydrogen) atoms. The number of hydrogen-bond acceptors (Lipinski definition) is 6. The number of rotatable bonds is 3. The summed E-state index contributed by atoms with van der Waals surface area (Å²) in [7, 11) is 1.59. The van der Waals surface area contributed by atoms with Crippen molar-refractivity contribution in [2.45, 2.75) is 25.8 Å². The Labute approximate surface area is 117 Å². The normalized spacial score (nSPS) is 22.7. The Bertz CT molecular complexity index is 567. The van der Waals surface area contributed by atoms with Crippen LogP contribution in [0.25, 0.3) is 11.4 Å². The molecule has 1 aliphatic rings. The first-order valence-electron chi connectivity index (χ1n) is 6.83. The van der Waals surface area contributed by atoms with E-state index in [4.69, 9.17) is 9.26 Å². The van der Waals surface area contributed by atoms with Crippen molar-refractivity contribution in [3.8, 4) is 17.3 Å². The predicted octanol–water partition coefficient (Wildman–Crippen LogP) is 2.20. The summed E-state index contributed by atoms with van der Waals surface area (Å²) in [5, 5.41) is 7.45. The van der Waals surface area contributed by atoms with Crippen LogP contribution in [0.2, 0.25) is 0 Å². The topological polar surface area (TPSA) is 73.1 Å². The van der Waals surface area contributed by atoms with Crippen LogP contribution in [0.1, 0.15) is 31.7 Å². The summed E-state index contributed by atoms with van der Waals surface area (Å²) in [6, 6.07) is 3.81. The third-order valence-electron chi connectivity index (χ3n) is 3.61. The number of hydrogen-bond donors (Lipinski definition) is 1. The fraction of sp³-hybridized carbons (Fsp3) is 0.500. The van der Waals surface area contributed by atoms with E-state index < -0.39 is 0 Å². The quantitative estimate of drug-likeness (QED) is 0.925. The van der Waals surface area contributed by atoms with Gasteiger partial charge in [-0.15, -0.1) is 0 Å². The fourth-order valence-corrected chi connectivity index (χ4v) is 2.42. The zero-order valence-corrected chi connectivity index (χ0v) is 11.7. The summed E-state index contributed by atoms with van der Waals surface area (Å²) >= 11 is 0. The minimum absolute atomic E-state index is 0.159. The summed E-state index contributed by atoms with van der Waals surface area (Å²) in [5.74, 6) is 2.47. The molecular formula is C14H18N4O2. The van der Waals surface area contributed by atoms with Crippen molar-refractivity contribution in [1.29, 1.82) is 0 Å². The van der Waals surface area contributed by atoms with Crippen molar-refractivity contribution >= 4 is 0 Å². The van der Waals surface area contributed by atoms with Crippen molar-refractivity contribution in [2.75, 3.05) is 13.7 Å². The summed E-state index contributed by atoms with van der Waals surface area (Å²) < 4.78 is 10.4. The predicted molar refractivity (Wildman–Crippen MR) is 73.2 cm³/mol. The van der Waals surface area contributed by atoms with Gasteiger partial charge >= 0.3 is 0 Å². The summed E-state index contributed by atoms with van der Waals surface area (Å²) in [4.78, 5) is 8.62. The molecule has 1 fully saturated rings. The molecule has 106 valence electrons. The molecule has 2 atom stereocenters. The monoisotopic (exact) mass is 274 g/mol. The molecule has 2 unspecified atom stereocenters. The Morgan fingerprint density at radius 2 is 2.30 bits per heavy atom. The van der Waals surface area contributed by atoms with Crippen LogP contribution in [-0.4, -0.2) is 28.8 Å². The number of piperidine rings is 1. The first-order chi connectivity index (χ1) is 9.76. The van der Waals surface area contributed by atoms with Gasteiger partial charge in [0.1, 0.15) is 0 Å². The van der Waals surface area contributed by atoms with Gasteiger partial charge in [-0.2, -0.15) is 4.98 Å². The lowest BCUT2D eigenvalue weighted by molar-refractivity contribution is 0.260. The highest BCUT2D eigenvalue weighted by atomic mass is 16.5. The Balaban J connectivity index is 1.78. The third kappa shape index (κ3) is 2.65. The maximum absolute atomic E-state index is 5.38. The van der Waals surface area contributed by atoms with Gasteiger partial charge in [0.05, 0.1) is 13.2 Å². The van der Waals surface area contributed by atoms with Crippen LogP contribution in [0.15, 0.2) is 22.9 Å². The van der Waals surface area contributed by atoms with E-state index in [1.165, 1.54) is 6.42 Å². The van der Waals surface area contributed by atoms with Crippen molar-refractivity contribution in [3.63, 3.8) is 0 Å². The molecule has 2 aromatic rings. The molecule has 0 aliphatic carbocycles.